The number of halogens is 2. The average Bonchev–Trinajstić information content (AvgIpc) is 2.37. The molecule has 0 aromatic carbocycles. The molecule has 0 radical (unpaired) electrons. The molecule has 1 fully saturated rings. The first-order valence-corrected chi connectivity index (χ1v) is 7.18. The van der Waals surface area contributed by atoms with Gasteiger partial charge >= 0.3 is 0 Å². The Bertz CT molecular complexity index is 389. The summed E-state index contributed by atoms with van der Waals surface area (Å²) in [6.07, 6.45) is 0. The first-order valence-electron chi connectivity index (χ1n) is 6.43. The molecule has 0 atom stereocenters. The summed E-state index contributed by atoms with van der Waals surface area (Å²) < 4.78 is 5.10. The minimum Gasteiger partial charge on any atom is -0.383 e. The lowest BCUT2D eigenvalue weighted by molar-refractivity contribution is 0.0938. The fraction of sp³-hybridized carbons (Fsp3) is 0.615. The van der Waals surface area contributed by atoms with Gasteiger partial charge in [0.2, 0.25) is 0 Å². The van der Waals surface area contributed by atoms with Gasteiger partial charge in [-0.3, -0.25) is 9.80 Å². The van der Waals surface area contributed by atoms with Crippen LogP contribution in [-0.4, -0.2) is 61.2 Å². The molecule has 0 unspecified atom stereocenters. The second kappa shape index (κ2) is 7.41. The number of ether oxygens (including phenoxy) is 1. The Morgan fingerprint density at radius 3 is 2.26 bits per heavy atom. The number of nitrogens with zero attached hydrogens (tertiary/aromatic N) is 3. The van der Waals surface area contributed by atoms with Crippen molar-refractivity contribution < 1.29 is 4.74 Å². The Morgan fingerprint density at radius 1 is 1.11 bits per heavy atom. The Morgan fingerprint density at radius 2 is 1.68 bits per heavy atom. The molecule has 0 aliphatic carbocycles. The summed E-state index contributed by atoms with van der Waals surface area (Å²) in [5.74, 6) is 0. The van der Waals surface area contributed by atoms with Gasteiger partial charge < -0.3 is 4.74 Å². The maximum Gasteiger partial charge on any atom is 0.131 e. The van der Waals surface area contributed by atoms with E-state index in [4.69, 9.17) is 27.9 Å². The SMILES string of the molecule is COCCN1CCN(Cc2cc(Cl)nc(Cl)c2)CC1. The van der Waals surface area contributed by atoms with Crippen molar-refractivity contribution in [3.8, 4) is 0 Å². The van der Waals surface area contributed by atoms with E-state index in [0.29, 0.717) is 10.3 Å². The monoisotopic (exact) mass is 303 g/mol. The van der Waals surface area contributed by atoms with Gasteiger partial charge in [-0.15, -0.1) is 0 Å². The van der Waals surface area contributed by atoms with E-state index in [1.54, 1.807) is 7.11 Å². The van der Waals surface area contributed by atoms with Crippen LogP contribution in [0.3, 0.4) is 0 Å². The fourth-order valence-electron chi connectivity index (χ4n) is 2.26. The number of aromatic nitrogens is 1. The molecule has 0 bridgehead atoms. The summed E-state index contributed by atoms with van der Waals surface area (Å²) in [6.45, 7) is 6.96. The minimum atomic E-state index is 0.459. The number of hydrogen-bond donors (Lipinski definition) is 0. The van der Waals surface area contributed by atoms with Crippen molar-refractivity contribution in [2.45, 2.75) is 6.54 Å². The van der Waals surface area contributed by atoms with E-state index in [0.717, 1.165) is 51.4 Å². The number of rotatable bonds is 5. The molecule has 4 nitrogen and oxygen atoms in total. The van der Waals surface area contributed by atoms with Crippen LogP contribution in [0, 0.1) is 0 Å². The Hall–Kier alpha value is -0.390. The van der Waals surface area contributed by atoms with E-state index >= 15 is 0 Å². The zero-order chi connectivity index (χ0) is 13.7. The number of piperazine rings is 1. The van der Waals surface area contributed by atoms with Crippen LogP contribution in [0.2, 0.25) is 10.3 Å². The lowest BCUT2D eigenvalue weighted by Gasteiger charge is -2.34. The van der Waals surface area contributed by atoms with Crippen LogP contribution in [0.4, 0.5) is 0 Å². The molecule has 1 aromatic rings. The van der Waals surface area contributed by atoms with Gasteiger partial charge in [0.15, 0.2) is 0 Å². The van der Waals surface area contributed by atoms with Crippen molar-refractivity contribution in [2.75, 3.05) is 46.4 Å². The molecular formula is C13H19Cl2N3O. The predicted molar refractivity (Wildman–Crippen MR) is 77.9 cm³/mol. The van der Waals surface area contributed by atoms with Crippen molar-refractivity contribution in [3.05, 3.63) is 28.0 Å². The molecular weight excluding hydrogens is 285 g/mol. The fourth-order valence-corrected chi connectivity index (χ4v) is 2.76. The van der Waals surface area contributed by atoms with E-state index in [-0.39, 0.29) is 0 Å². The van der Waals surface area contributed by atoms with Gasteiger partial charge in [-0.2, -0.15) is 0 Å². The van der Waals surface area contributed by atoms with Gasteiger partial charge in [-0.25, -0.2) is 4.98 Å². The smallest absolute Gasteiger partial charge is 0.131 e. The molecule has 0 N–H and O–H groups in total. The zero-order valence-electron chi connectivity index (χ0n) is 11.1. The molecule has 6 heteroatoms. The summed E-state index contributed by atoms with van der Waals surface area (Å²) in [4.78, 5) is 8.79. The summed E-state index contributed by atoms with van der Waals surface area (Å²) in [7, 11) is 1.74. The molecule has 1 aromatic heterocycles. The third-order valence-corrected chi connectivity index (χ3v) is 3.69. The van der Waals surface area contributed by atoms with Crippen molar-refractivity contribution in [3.63, 3.8) is 0 Å². The highest BCUT2D eigenvalue weighted by Crippen LogP contribution is 2.17. The van der Waals surface area contributed by atoms with Crippen LogP contribution < -0.4 is 0 Å². The second-order valence-electron chi connectivity index (χ2n) is 4.73. The summed E-state index contributed by atoms with van der Waals surface area (Å²) in [5.41, 5.74) is 1.12. The molecule has 106 valence electrons. The van der Waals surface area contributed by atoms with Crippen LogP contribution in [0.1, 0.15) is 5.56 Å². The molecule has 0 spiro atoms. The van der Waals surface area contributed by atoms with E-state index in [2.05, 4.69) is 14.8 Å². The van der Waals surface area contributed by atoms with Gasteiger partial charge in [0.25, 0.3) is 0 Å². The van der Waals surface area contributed by atoms with E-state index in [9.17, 15) is 0 Å². The molecule has 2 rings (SSSR count). The lowest BCUT2D eigenvalue weighted by Crippen LogP contribution is -2.46. The van der Waals surface area contributed by atoms with Crippen LogP contribution >= 0.6 is 23.2 Å². The maximum atomic E-state index is 5.91. The number of hydrogen-bond acceptors (Lipinski definition) is 4. The van der Waals surface area contributed by atoms with Gasteiger partial charge in [-0.1, -0.05) is 23.2 Å². The molecule has 0 saturated carbocycles. The van der Waals surface area contributed by atoms with Gasteiger partial charge in [0, 0.05) is 46.4 Å². The molecule has 19 heavy (non-hydrogen) atoms. The van der Waals surface area contributed by atoms with Crippen molar-refractivity contribution in [1.82, 2.24) is 14.8 Å². The van der Waals surface area contributed by atoms with Crippen LogP contribution in [0.15, 0.2) is 12.1 Å². The predicted octanol–water partition coefficient (Wildman–Crippen LogP) is 2.15. The van der Waals surface area contributed by atoms with Gasteiger partial charge in [0.1, 0.15) is 10.3 Å². The van der Waals surface area contributed by atoms with E-state index in [1.807, 2.05) is 12.1 Å². The summed E-state index contributed by atoms with van der Waals surface area (Å²) in [5, 5.41) is 0.919. The minimum absolute atomic E-state index is 0.459. The van der Waals surface area contributed by atoms with Gasteiger partial charge in [0.05, 0.1) is 6.61 Å². The zero-order valence-corrected chi connectivity index (χ0v) is 12.6. The van der Waals surface area contributed by atoms with Crippen LogP contribution in [-0.2, 0) is 11.3 Å². The van der Waals surface area contributed by atoms with Gasteiger partial charge in [-0.05, 0) is 17.7 Å². The highest BCUT2D eigenvalue weighted by Gasteiger charge is 2.16. The van der Waals surface area contributed by atoms with E-state index in [1.165, 1.54) is 0 Å². The first kappa shape index (κ1) is 15.0. The molecule has 1 saturated heterocycles. The third kappa shape index (κ3) is 4.89. The Labute approximate surface area is 124 Å². The highest BCUT2D eigenvalue weighted by molar-refractivity contribution is 6.32. The molecule has 2 heterocycles. The van der Waals surface area contributed by atoms with E-state index < -0.39 is 0 Å². The number of pyridine rings is 1. The number of methoxy groups -OCH3 is 1. The average molecular weight is 304 g/mol. The Balaban J connectivity index is 1.82. The topological polar surface area (TPSA) is 28.6 Å². The largest absolute Gasteiger partial charge is 0.383 e. The quantitative estimate of drug-likeness (QED) is 0.779. The first-order chi connectivity index (χ1) is 9.17. The van der Waals surface area contributed by atoms with Crippen molar-refractivity contribution >= 4 is 23.2 Å². The van der Waals surface area contributed by atoms with Crippen LogP contribution in [0.5, 0.6) is 0 Å². The highest BCUT2D eigenvalue weighted by atomic mass is 35.5. The molecule has 1 aliphatic heterocycles. The normalized spacial score (nSPS) is 17.8. The Kier molecular flexibility index (Phi) is 5.85. The van der Waals surface area contributed by atoms with Crippen LogP contribution in [0.25, 0.3) is 0 Å². The second-order valence-corrected chi connectivity index (χ2v) is 5.51. The summed E-state index contributed by atoms with van der Waals surface area (Å²) in [6, 6.07) is 3.76. The van der Waals surface area contributed by atoms with Crippen molar-refractivity contribution in [1.29, 1.82) is 0 Å². The van der Waals surface area contributed by atoms with Crippen molar-refractivity contribution in [2.24, 2.45) is 0 Å². The standard InChI is InChI=1S/C13H19Cl2N3O/c1-19-7-6-17-2-4-18(5-3-17)10-11-8-12(14)16-13(15)9-11/h8-9H,2-7,10H2,1H3. The third-order valence-electron chi connectivity index (χ3n) is 3.31. The lowest BCUT2D eigenvalue weighted by atomic mass is 10.2. The summed E-state index contributed by atoms with van der Waals surface area (Å²) >= 11 is 11.8. The molecule has 0 amide bonds. The molecule has 1 aliphatic rings. The maximum absolute atomic E-state index is 5.91.